The van der Waals surface area contributed by atoms with Crippen molar-refractivity contribution in [3.63, 3.8) is 0 Å². The maximum absolute atomic E-state index is 13.6. The van der Waals surface area contributed by atoms with Crippen LogP contribution in [-0.4, -0.2) is 20.6 Å². The lowest BCUT2D eigenvalue weighted by Gasteiger charge is -2.56. The Bertz CT molecular complexity index is 1360. The number of para-hydroxylation sites is 1. The Balaban J connectivity index is 1.24. The molecule has 4 saturated carbocycles. The van der Waals surface area contributed by atoms with Gasteiger partial charge < -0.3 is 9.67 Å². The van der Waals surface area contributed by atoms with E-state index >= 15 is 0 Å². The Morgan fingerprint density at radius 1 is 1.05 bits per heavy atom. The van der Waals surface area contributed by atoms with Crippen molar-refractivity contribution in [1.82, 2.24) is 9.55 Å². The molecule has 3 aromatic rings. The number of hydrogen-bond donors (Lipinski definition) is 2. The zero-order valence-electron chi connectivity index (χ0n) is 22.4. The SMILES string of the molecule is CCCCCCCCn1c(=O)c(C(=O)Nc2nc(C34CC5CC(CC(C5)C3)C4)cs2)c(O)c2ccccc21. The van der Waals surface area contributed by atoms with Crippen LogP contribution in [0.5, 0.6) is 5.75 Å². The Morgan fingerprint density at radius 3 is 2.42 bits per heavy atom. The van der Waals surface area contributed by atoms with Crippen LogP contribution in [0, 0.1) is 17.8 Å². The second kappa shape index (κ2) is 10.5. The highest BCUT2D eigenvalue weighted by Crippen LogP contribution is 2.60. The summed E-state index contributed by atoms with van der Waals surface area (Å²) >= 11 is 1.43. The molecular weight excluding hydrogens is 494 g/mol. The van der Waals surface area contributed by atoms with E-state index in [9.17, 15) is 14.7 Å². The lowest BCUT2D eigenvalue weighted by Crippen LogP contribution is -2.48. The standard InChI is InChI=1S/C31H39N3O3S/c1-2-3-4-5-6-9-12-34-24-11-8-7-10-23(24)27(35)26(29(34)37)28(36)33-30-32-25(19-38-30)31-16-20-13-21(17-31)15-22(14-20)18-31/h7-8,10-11,19-22,35H,2-6,9,12-18H2,1H3,(H,32,33,36). The molecule has 1 amide bonds. The summed E-state index contributed by atoms with van der Waals surface area (Å²) in [7, 11) is 0. The van der Waals surface area contributed by atoms with E-state index in [1.807, 2.05) is 18.2 Å². The van der Waals surface area contributed by atoms with Crippen molar-refractivity contribution in [3.8, 4) is 5.75 Å². The molecule has 0 atom stereocenters. The minimum atomic E-state index is -0.582. The number of nitrogens with zero attached hydrogens (tertiary/aromatic N) is 2. The van der Waals surface area contributed by atoms with Gasteiger partial charge >= 0.3 is 0 Å². The molecule has 4 aliphatic carbocycles. The fourth-order valence-corrected chi connectivity index (χ4v) is 8.85. The highest BCUT2D eigenvalue weighted by Gasteiger charge is 2.52. The fraction of sp³-hybridized carbons (Fsp3) is 0.581. The Hall–Kier alpha value is -2.67. The molecule has 4 bridgehead atoms. The molecule has 7 rings (SSSR count). The lowest BCUT2D eigenvalue weighted by molar-refractivity contribution is -0.00688. The van der Waals surface area contributed by atoms with Crippen molar-refractivity contribution in [3.05, 3.63) is 51.3 Å². The topological polar surface area (TPSA) is 84.2 Å². The van der Waals surface area contributed by atoms with Gasteiger partial charge in [0.1, 0.15) is 11.3 Å². The second-order valence-electron chi connectivity index (χ2n) is 12.2. The minimum Gasteiger partial charge on any atom is -0.506 e. The number of aryl methyl sites for hydroxylation is 1. The summed E-state index contributed by atoms with van der Waals surface area (Å²) in [6.45, 7) is 2.73. The molecule has 2 N–H and O–H groups in total. The number of pyridine rings is 1. The normalized spacial score (nSPS) is 25.8. The monoisotopic (exact) mass is 533 g/mol. The van der Waals surface area contributed by atoms with Crippen molar-refractivity contribution in [1.29, 1.82) is 0 Å². The van der Waals surface area contributed by atoms with E-state index in [1.54, 1.807) is 10.6 Å². The van der Waals surface area contributed by atoms with Crippen LogP contribution in [0.1, 0.15) is 100 Å². The highest BCUT2D eigenvalue weighted by molar-refractivity contribution is 7.14. The van der Waals surface area contributed by atoms with Crippen LogP contribution in [0.4, 0.5) is 5.13 Å². The zero-order chi connectivity index (χ0) is 26.3. The van der Waals surface area contributed by atoms with Crippen molar-refractivity contribution in [2.45, 2.75) is 95.9 Å². The minimum absolute atomic E-state index is 0.156. The summed E-state index contributed by atoms with van der Waals surface area (Å²) in [5.74, 6) is 1.63. The van der Waals surface area contributed by atoms with Gasteiger partial charge in [-0.2, -0.15) is 0 Å². The van der Waals surface area contributed by atoms with Crippen LogP contribution in [0.2, 0.25) is 0 Å². The Morgan fingerprint density at radius 2 is 1.71 bits per heavy atom. The number of nitrogens with one attached hydrogen (secondary N) is 1. The van der Waals surface area contributed by atoms with Crippen LogP contribution >= 0.6 is 11.3 Å². The quantitative estimate of drug-likeness (QED) is 0.269. The summed E-state index contributed by atoms with van der Waals surface area (Å²) in [6, 6.07) is 7.29. The number of carbonyl (C=O) groups excluding carboxylic acids is 1. The number of benzene rings is 1. The van der Waals surface area contributed by atoms with Crippen molar-refractivity contribution in [2.75, 3.05) is 5.32 Å². The molecule has 0 saturated heterocycles. The van der Waals surface area contributed by atoms with E-state index in [4.69, 9.17) is 4.98 Å². The van der Waals surface area contributed by atoms with Gasteiger partial charge in [0.25, 0.3) is 11.5 Å². The van der Waals surface area contributed by atoms with Gasteiger partial charge in [-0.25, -0.2) is 4.98 Å². The van der Waals surface area contributed by atoms with Crippen LogP contribution in [0.3, 0.4) is 0 Å². The number of anilines is 1. The van der Waals surface area contributed by atoms with E-state index in [0.29, 0.717) is 22.6 Å². The summed E-state index contributed by atoms with van der Waals surface area (Å²) in [4.78, 5) is 31.9. The average Bonchev–Trinajstić information content (AvgIpc) is 3.36. The highest BCUT2D eigenvalue weighted by atomic mass is 32.1. The molecule has 0 unspecified atom stereocenters. The van der Waals surface area contributed by atoms with E-state index < -0.39 is 11.5 Å². The number of amides is 1. The number of aromatic nitrogens is 2. The van der Waals surface area contributed by atoms with Gasteiger partial charge in [-0.3, -0.25) is 14.9 Å². The number of carbonyl (C=O) groups is 1. The fourth-order valence-electron chi connectivity index (χ4n) is 8.03. The van der Waals surface area contributed by atoms with Crippen molar-refractivity contribution in [2.24, 2.45) is 17.8 Å². The number of unbranched alkanes of at least 4 members (excludes halogenated alkanes) is 5. The second-order valence-corrected chi connectivity index (χ2v) is 13.0. The zero-order valence-corrected chi connectivity index (χ0v) is 23.2. The molecule has 7 heteroatoms. The van der Waals surface area contributed by atoms with Gasteiger partial charge in [0.15, 0.2) is 5.13 Å². The summed E-state index contributed by atoms with van der Waals surface area (Å²) in [5.41, 5.74) is 1.30. The van der Waals surface area contributed by atoms with Gasteiger partial charge in [0.05, 0.1) is 11.2 Å². The van der Waals surface area contributed by atoms with E-state index in [0.717, 1.165) is 42.7 Å². The van der Waals surface area contributed by atoms with Crippen molar-refractivity contribution >= 4 is 33.3 Å². The molecule has 0 radical (unpaired) electrons. The van der Waals surface area contributed by atoms with Gasteiger partial charge in [-0.1, -0.05) is 51.2 Å². The average molecular weight is 534 g/mol. The first-order valence-electron chi connectivity index (χ1n) is 14.6. The van der Waals surface area contributed by atoms with Gasteiger partial charge in [-0.05, 0) is 74.8 Å². The lowest BCUT2D eigenvalue weighted by atomic mass is 9.49. The number of hydrogen-bond acceptors (Lipinski definition) is 5. The van der Waals surface area contributed by atoms with Crippen molar-refractivity contribution < 1.29 is 9.90 Å². The third kappa shape index (κ3) is 4.67. The maximum Gasteiger partial charge on any atom is 0.267 e. The number of thiazole rings is 1. The molecule has 38 heavy (non-hydrogen) atoms. The maximum atomic E-state index is 13.6. The molecule has 4 fully saturated rings. The predicted octanol–water partition coefficient (Wildman–Crippen LogP) is 7.24. The third-order valence-corrected chi connectivity index (χ3v) is 10.2. The van der Waals surface area contributed by atoms with E-state index in [1.165, 1.54) is 69.1 Å². The smallest absolute Gasteiger partial charge is 0.267 e. The number of aromatic hydroxyl groups is 1. The number of fused-ring (bicyclic) bond motifs is 1. The number of rotatable bonds is 10. The van der Waals surface area contributed by atoms with Crippen LogP contribution in [-0.2, 0) is 12.0 Å². The summed E-state index contributed by atoms with van der Waals surface area (Å²) < 4.78 is 1.66. The van der Waals surface area contributed by atoms with Crippen LogP contribution in [0.15, 0.2) is 34.4 Å². The predicted molar refractivity (Wildman–Crippen MR) is 153 cm³/mol. The summed E-state index contributed by atoms with van der Waals surface area (Å²) in [5, 5.41) is 17.1. The summed E-state index contributed by atoms with van der Waals surface area (Å²) in [6.07, 6.45) is 14.4. The third-order valence-electron chi connectivity index (χ3n) is 9.41. The van der Waals surface area contributed by atoms with Gasteiger partial charge in [0.2, 0.25) is 0 Å². The van der Waals surface area contributed by atoms with Gasteiger partial charge in [-0.15, -0.1) is 11.3 Å². The molecule has 4 aliphatic rings. The molecule has 0 aliphatic heterocycles. The molecule has 202 valence electrons. The molecule has 2 aromatic heterocycles. The first kappa shape index (κ1) is 25.6. The van der Waals surface area contributed by atoms with E-state index in [2.05, 4.69) is 17.6 Å². The molecular formula is C31H39N3O3S. The van der Waals surface area contributed by atoms with Gasteiger partial charge in [0, 0.05) is 22.7 Å². The molecule has 1 aromatic carbocycles. The Labute approximate surface area is 228 Å². The molecule has 6 nitrogen and oxygen atoms in total. The molecule has 2 heterocycles. The first-order valence-corrected chi connectivity index (χ1v) is 15.5. The Kier molecular flexibility index (Phi) is 7.06. The van der Waals surface area contributed by atoms with Crippen LogP contribution < -0.4 is 10.9 Å². The largest absolute Gasteiger partial charge is 0.506 e. The van der Waals surface area contributed by atoms with E-state index in [-0.39, 0.29) is 16.7 Å². The molecule has 0 spiro atoms. The van der Waals surface area contributed by atoms with Crippen LogP contribution in [0.25, 0.3) is 10.9 Å². The first-order chi connectivity index (χ1) is 18.5.